The molecule has 2 aromatic heterocycles. The molecule has 6 aromatic carbocycles. The van der Waals surface area contributed by atoms with E-state index in [-0.39, 0.29) is 0 Å². The van der Waals surface area contributed by atoms with Gasteiger partial charge in [0.1, 0.15) is 5.82 Å². The average Bonchev–Trinajstić information content (AvgIpc) is 4.03. The van der Waals surface area contributed by atoms with Gasteiger partial charge in [0.25, 0.3) is 0 Å². The van der Waals surface area contributed by atoms with Gasteiger partial charge in [-0.25, -0.2) is 15.0 Å². The smallest absolute Gasteiger partial charge is 0.164 e. The Labute approximate surface area is 321 Å². The minimum absolute atomic E-state index is 0.612. The van der Waals surface area contributed by atoms with Gasteiger partial charge < -0.3 is 0 Å². The molecule has 0 saturated heterocycles. The van der Waals surface area contributed by atoms with E-state index in [2.05, 4.69) is 158 Å². The molecule has 2 heterocycles. The molecule has 4 heteroatoms. The number of pyridine rings is 1. The third-order valence-electron chi connectivity index (χ3n) is 10.8. The number of allylic oxidation sites excluding steroid dienone is 4. The monoisotopic (exact) mass is 706 g/mol. The summed E-state index contributed by atoms with van der Waals surface area (Å²) < 4.78 is 0. The molecule has 2 unspecified atom stereocenters. The Balaban J connectivity index is 1.07. The first-order valence-electron chi connectivity index (χ1n) is 19.1. The second-order valence-electron chi connectivity index (χ2n) is 14.7. The zero-order valence-electron chi connectivity index (χ0n) is 30.4. The van der Waals surface area contributed by atoms with Gasteiger partial charge in [-0.3, -0.25) is 4.98 Å². The number of hydrogen-bond acceptors (Lipinski definition) is 4. The van der Waals surface area contributed by atoms with Gasteiger partial charge in [0.15, 0.2) is 11.6 Å². The van der Waals surface area contributed by atoms with Crippen molar-refractivity contribution in [3.05, 3.63) is 205 Å². The van der Waals surface area contributed by atoms with Crippen LogP contribution in [-0.2, 0) is 12.8 Å². The van der Waals surface area contributed by atoms with Crippen LogP contribution in [0.3, 0.4) is 0 Å². The summed E-state index contributed by atoms with van der Waals surface area (Å²) in [5, 5.41) is 2.31. The Hall–Kier alpha value is -6.78. The van der Waals surface area contributed by atoms with Crippen LogP contribution < -0.4 is 0 Å². The molecule has 0 aliphatic heterocycles. The summed E-state index contributed by atoms with van der Waals surface area (Å²) in [6, 6.07) is 57.5. The van der Waals surface area contributed by atoms with Crippen LogP contribution in [0.5, 0.6) is 0 Å². The number of benzene rings is 6. The van der Waals surface area contributed by atoms with E-state index >= 15 is 0 Å². The van der Waals surface area contributed by atoms with Crippen molar-refractivity contribution in [2.45, 2.75) is 19.3 Å². The Morgan fingerprint density at radius 2 is 1.09 bits per heavy atom. The van der Waals surface area contributed by atoms with Crippen LogP contribution >= 0.6 is 0 Å². The van der Waals surface area contributed by atoms with E-state index in [1.807, 2.05) is 24.3 Å². The van der Waals surface area contributed by atoms with E-state index in [1.165, 1.54) is 17.4 Å². The molecule has 0 radical (unpaired) electrons. The lowest BCUT2D eigenvalue weighted by Crippen LogP contribution is -2.04. The maximum absolute atomic E-state index is 5.17. The van der Waals surface area contributed by atoms with Crippen LogP contribution in [0.25, 0.3) is 67.1 Å². The summed E-state index contributed by atoms with van der Waals surface area (Å²) in [6.45, 7) is 0. The van der Waals surface area contributed by atoms with Gasteiger partial charge >= 0.3 is 0 Å². The lowest BCUT2D eigenvalue weighted by molar-refractivity contribution is 0.933. The summed E-state index contributed by atoms with van der Waals surface area (Å²) in [6.07, 6.45) is 9.86. The zero-order chi connectivity index (χ0) is 36.6. The van der Waals surface area contributed by atoms with Crippen molar-refractivity contribution in [1.82, 2.24) is 19.9 Å². The highest BCUT2D eigenvalue weighted by molar-refractivity contribution is 5.95. The number of fused-ring (bicyclic) bond motifs is 2. The third-order valence-corrected chi connectivity index (χ3v) is 10.8. The molecule has 10 rings (SSSR count). The van der Waals surface area contributed by atoms with E-state index in [1.54, 1.807) is 0 Å². The second kappa shape index (κ2) is 14.2. The fraction of sp³-hybridized carbons (Fsp3) is 0.0980. The van der Waals surface area contributed by atoms with Crippen molar-refractivity contribution in [1.29, 1.82) is 0 Å². The molecule has 1 saturated carbocycles. The van der Waals surface area contributed by atoms with E-state index in [0.717, 1.165) is 79.4 Å². The van der Waals surface area contributed by atoms with E-state index in [4.69, 9.17) is 19.9 Å². The summed E-state index contributed by atoms with van der Waals surface area (Å²) in [5.41, 5.74) is 12.2. The van der Waals surface area contributed by atoms with Crippen LogP contribution in [-0.4, -0.2) is 19.9 Å². The Morgan fingerprint density at radius 1 is 0.455 bits per heavy atom. The predicted molar refractivity (Wildman–Crippen MR) is 224 cm³/mol. The second-order valence-corrected chi connectivity index (χ2v) is 14.7. The van der Waals surface area contributed by atoms with E-state index in [0.29, 0.717) is 24.0 Å². The van der Waals surface area contributed by atoms with Crippen LogP contribution in [0.2, 0.25) is 0 Å². The van der Waals surface area contributed by atoms with Crippen LogP contribution in [0.4, 0.5) is 0 Å². The number of rotatable bonds is 9. The van der Waals surface area contributed by atoms with E-state index < -0.39 is 0 Å². The molecule has 2 aliphatic rings. The Morgan fingerprint density at radius 3 is 1.82 bits per heavy atom. The van der Waals surface area contributed by atoms with Gasteiger partial charge in [-0.15, -0.1) is 0 Å². The molecular weight excluding hydrogens is 669 g/mol. The fourth-order valence-electron chi connectivity index (χ4n) is 7.78. The first-order chi connectivity index (χ1) is 27.2. The predicted octanol–water partition coefficient (Wildman–Crippen LogP) is 12.0. The van der Waals surface area contributed by atoms with Gasteiger partial charge in [0, 0.05) is 35.2 Å². The molecule has 0 bridgehead atoms. The summed E-state index contributed by atoms with van der Waals surface area (Å²) in [7, 11) is 0. The molecule has 1 fully saturated rings. The van der Waals surface area contributed by atoms with Crippen LogP contribution in [0.15, 0.2) is 188 Å². The van der Waals surface area contributed by atoms with Gasteiger partial charge in [-0.2, -0.15) is 0 Å². The minimum atomic E-state index is 0.612. The van der Waals surface area contributed by atoms with Crippen molar-refractivity contribution < 1.29 is 0 Å². The van der Waals surface area contributed by atoms with E-state index in [9.17, 15) is 0 Å². The lowest BCUT2D eigenvalue weighted by atomic mass is 9.93. The topological polar surface area (TPSA) is 51.6 Å². The first kappa shape index (κ1) is 32.8. The standard InChI is InChI=1S/C51H38N4/c1-4-12-34(13-5-1)28-49-53-50(39-16-8-3-9-17-39)55-51(54-49)47-32-41-19-11-10-18-40(41)31-46(47)37-24-22-36(23-25-37)44-30-45(27-35-20-21-42-29-43(42)26-35)52-48(33-44)38-14-6-2-7-15-38/h1-26,30-33,42-43H,27-29H2. The molecule has 55 heavy (non-hydrogen) atoms. The summed E-state index contributed by atoms with van der Waals surface area (Å²) >= 11 is 0. The SMILES string of the molecule is C1=CC2CC2C=C1Cc1cc(-c2ccc(-c3cc4ccccc4cc3-c3nc(Cc4ccccc4)nc(-c4ccccc4)n3)cc2)cc(-c2ccccc2)n1. The fourth-order valence-corrected chi connectivity index (χ4v) is 7.78. The van der Waals surface area contributed by atoms with Crippen molar-refractivity contribution in [2.24, 2.45) is 11.8 Å². The van der Waals surface area contributed by atoms with Crippen molar-refractivity contribution in [2.75, 3.05) is 0 Å². The van der Waals surface area contributed by atoms with Gasteiger partial charge in [0.2, 0.25) is 0 Å². The van der Waals surface area contributed by atoms with Gasteiger partial charge in [-0.1, -0.05) is 158 Å². The quantitative estimate of drug-likeness (QED) is 0.150. The first-order valence-corrected chi connectivity index (χ1v) is 19.1. The normalized spacial score (nSPS) is 15.7. The Bertz CT molecular complexity index is 2720. The zero-order valence-corrected chi connectivity index (χ0v) is 30.4. The maximum Gasteiger partial charge on any atom is 0.164 e. The largest absolute Gasteiger partial charge is 0.252 e. The summed E-state index contributed by atoms with van der Waals surface area (Å²) in [4.78, 5) is 20.4. The highest BCUT2D eigenvalue weighted by atomic mass is 15.0. The molecule has 2 atom stereocenters. The maximum atomic E-state index is 5.17. The van der Waals surface area contributed by atoms with Crippen LogP contribution in [0, 0.1) is 11.8 Å². The minimum Gasteiger partial charge on any atom is -0.252 e. The van der Waals surface area contributed by atoms with Crippen LogP contribution in [0.1, 0.15) is 23.5 Å². The van der Waals surface area contributed by atoms with Gasteiger partial charge in [0.05, 0.1) is 5.69 Å². The van der Waals surface area contributed by atoms with Crippen molar-refractivity contribution in [3.63, 3.8) is 0 Å². The highest BCUT2D eigenvalue weighted by Crippen LogP contribution is 2.45. The molecule has 0 spiro atoms. The molecule has 8 aromatic rings. The molecule has 0 N–H and O–H groups in total. The lowest BCUT2D eigenvalue weighted by Gasteiger charge is -2.15. The molecular formula is C51H38N4. The van der Waals surface area contributed by atoms with Gasteiger partial charge in [-0.05, 0) is 86.7 Å². The molecule has 2 aliphatic carbocycles. The van der Waals surface area contributed by atoms with Crippen molar-refractivity contribution >= 4 is 10.8 Å². The highest BCUT2D eigenvalue weighted by Gasteiger charge is 2.34. The number of hydrogen-bond donors (Lipinski definition) is 0. The number of nitrogens with zero attached hydrogens (tertiary/aromatic N) is 4. The number of aromatic nitrogens is 4. The van der Waals surface area contributed by atoms with Crippen molar-refractivity contribution in [3.8, 4) is 56.3 Å². The third kappa shape index (κ3) is 7.03. The molecule has 4 nitrogen and oxygen atoms in total. The summed E-state index contributed by atoms with van der Waals surface area (Å²) in [5.74, 6) is 3.53. The average molecular weight is 707 g/mol. The molecule has 0 amide bonds. The Kier molecular flexibility index (Phi) is 8.49. The molecule has 262 valence electrons.